The Morgan fingerprint density at radius 2 is 2.00 bits per heavy atom. The molecule has 1 saturated carbocycles. The summed E-state index contributed by atoms with van der Waals surface area (Å²) in [5, 5.41) is 39.9. The Morgan fingerprint density at radius 1 is 1.26 bits per heavy atom. The van der Waals surface area contributed by atoms with Crippen molar-refractivity contribution in [2.24, 2.45) is 32.4 Å². The molecule has 2 fully saturated rings. The van der Waals surface area contributed by atoms with Gasteiger partial charge >= 0.3 is 0 Å². The minimum absolute atomic E-state index is 0.0141. The van der Waals surface area contributed by atoms with Gasteiger partial charge < -0.3 is 30.9 Å². The van der Waals surface area contributed by atoms with Crippen molar-refractivity contribution in [3.8, 4) is 0 Å². The standard InChI is InChI=1S/C15H23IN6O5/c16-13-20-12-10(14(17,21-13)6-1-2-7(24)3-6)19-5-22(12)15(18)11(26)9(25)8(4-23)27-15/h6-9,11,23-26H,1-5,17-18H2/t6?,7?,8-,9-,11-,14?,15+/m1/s1. The molecule has 0 aromatic carbocycles. The molecule has 0 aromatic heterocycles. The molecule has 12 heteroatoms. The first-order chi connectivity index (χ1) is 12.7. The maximum absolute atomic E-state index is 10.5. The Morgan fingerprint density at radius 3 is 2.59 bits per heavy atom. The topological polar surface area (TPSA) is 183 Å². The van der Waals surface area contributed by atoms with Crippen molar-refractivity contribution in [3.05, 3.63) is 0 Å². The van der Waals surface area contributed by atoms with E-state index in [0.717, 1.165) is 0 Å². The molecule has 27 heavy (non-hydrogen) atoms. The summed E-state index contributed by atoms with van der Waals surface area (Å²) in [7, 11) is 0. The Hall–Kier alpha value is -0.740. The van der Waals surface area contributed by atoms with E-state index in [2.05, 4.69) is 15.0 Å². The summed E-state index contributed by atoms with van der Waals surface area (Å²) in [6.45, 7) is -0.481. The van der Waals surface area contributed by atoms with E-state index >= 15 is 0 Å². The van der Waals surface area contributed by atoms with Gasteiger partial charge in [-0.05, 0) is 19.3 Å². The Kier molecular flexibility index (Phi) is 4.82. The zero-order chi connectivity index (χ0) is 19.6. The molecule has 0 bridgehead atoms. The molecule has 150 valence electrons. The fourth-order valence-electron chi connectivity index (χ4n) is 4.26. The maximum Gasteiger partial charge on any atom is 0.228 e. The van der Waals surface area contributed by atoms with E-state index < -0.39 is 42.5 Å². The molecule has 0 amide bonds. The normalized spacial score (nSPS) is 47.0. The smallest absolute Gasteiger partial charge is 0.228 e. The minimum Gasteiger partial charge on any atom is -0.394 e. The molecule has 1 aliphatic carbocycles. The van der Waals surface area contributed by atoms with Crippen LogP contribution in [0.3, 0.4) is 0 Å². The summed E-state index contributed by atoms with van der Waals surface area (Å²) >= 11 is 1.95. The summed E-state index contributed by atoms with van der Waals surface area (Å²) in [5.41, 5.74) is 12.2. The first-order valence-corrected chi connectivity index (χ1v) is 9.86. The van der Waals surface area contributed by atoms with Gasteiger partial charge in [0.15, 0.2) is 15.3 Å². The number of halogens is 1. The molecular formula is C15H23IN6O5. The summed E-state index contributed by atoms with van der Waals surface area (Å²) in [4.78, 5) is 14.8. The van der Waals surface area contributed by atoms with Crippen molar-refractivity contribution >= 4 is 38.0 Å². The molecule has 0 radical (unpaired) electrons. The summed E-state index contributed by atoms with van der Waals surface area (Å²) in [5.74, 6) is -1.60. The van der Waals surface area contributed by atoms with Crippen LogP contribution in [0.1, 0.15) is 19.3 Å². The second kappa shape index (κ2) is 6.66. The van der Waals surface area contributed by atoms with Gasteiger partial charge in [0.25, 0.3) is 0 Å². The highest BCUT2D eigenvalue weighted by Gasteiger charge is 2.60. The number of nitrogens with two attached hydrogens (primary N) is 2. The molecule has 3 unspecified atom stereocenters. The van der Waals surface area contributed by atoms with Gasteiger partial charge in [-0.1, -0.05) is 0 Å². The molecule has 7 atom stereocenters. The number of nitrogens with zero attached hydrogens (tertiary/aromatic N) is 4. The Bertz CT molecular complexity index is 733. The van der Waals surface area contributed by atoms with Crippen molar-refractivity contribution < 1.29 is 25.2 Å². The second-order valence-corrected chi connectivity index (χ2v) is 8.37. The molecule has 0 aromatic rings. The van der Waals surface area contributed by atoms with Crippen LogP contribution in [0.5, 0.6) is 0 Å². The van der Waals surface area contributed by atoms with Gasteiger partial charge in [-0.25, -0.2) is 9.98 Å². The van der Waals surface area contributed by atoms with Crippen molar-refractivity contribution in [1.82, 2.24) is 4.90 Å². The Labute approximate surface area is 169 Å². The fourth-order valence-corrected chi connectivity index (χ4v) is 4.89. The molecule has 0 spiro atoms. The highest BCUT2D eigenvalue weighted by molar-refractivity contribution is 14.1. The van der Waals surface area contributed by atoms with E-state index in [1.54, 1.807) is 0 Å². The number of amidine groups is 2. The third-order valence-corrected chi connectivity index (χ3v) is 6.27. The zero-order valence-electron chi connectivity index (χ0n) is 14.4. The first kappa shape index (κ1) is 19.6. The highest BCUT2D eigenvalue weighted by Crippen LogP contribution is 2.40. The average molecular weight is 494 g/mol. The average Bonchev–Trinajstić information content (AvgIpc) is 3.29. The van der Waals surface area contributed by atoms with Crippen LogP contribution in [-0.2, 0) is 4.74 Å². The van der Waals surface area contributed by atoms with E-state index in [1.165, 1.54) is 4.90 Å². The molecule has 11 nitrogen and oxygen atoms in total. The molecule has 4 aliphatic rings. The molecular weight excluding hydrogens is 471 g/mol. The van der Waals surface area contributed by atoms with Gasteiger partial charge in [0.2, 0.25) is 5.85 Å². The van der Waals surface area contributed by atoms with Gasteiger partial charge in [-0.2, -0.15) is 0 Å². The van der Waals surface area contributed by atoms with Gasteiger partial charge in [0, 0.05) is 28.5 Å². The quantitative estimate of drug-likeness (QED) is 0.183. The highest BCUT2D eigenvalue weighted by atomic mass is 127. The van der Waals surface area contributed by atoms with Gasteiger partial charge in [-0.15, -0.1) is 0 Å². The monoisotopic (exact) mass is 494 g/mol. The molecule has 1 saturated heterocycles. The van der Waals surface area contributed by atoms with Crippen LogP contribution in [0.4, 0.5) is 0 Å². The predicted octanol–water partition coefficient (Wildman–Crippen LogP) is -2.55. The van der Waals surface area contributed by atoms with Crippen LogP contribution in [0.25, 0.3) is 0 Å². The molecule has 3 heterocycles. The number of aliphatic hydroxyl groups is 4. The number of aliphatic hydroxyl groups excluding tert-OH is 4. The van der Waals surface area contributed by atoms with E-state index in [-0.39, 0.29) is 12.6 Å². The van der Waals surface area contributed by atoms with Gasteiger partial charge in [0.1, 0.15) is 30.7 Å². The minimum atomic E-state index is -1.82. The van der Waals surface area contributed by atoms with Crippen LogP contribution in [0.2, 0.25) is 0 Å². The number of hydrogen-bond donors (Lipinski definition) is 6. The van der Waals surface area contributed by atoms with Gasteiger partial charge in [0.05, 0.1) is 12.7 Å². The zero-order valence-corrected chi connectivity index (χ0v) is 16.6. The first-order valence-electron chi connectivity index (χ1n) is 8.78. The molecule has 3 aliphatic heterocycles. The van der Waals surface area contributed by atoms with Crippen molar-refractivity contribution in [1.29, 1.82) is 0 Å². The fraction of sp³-hybridized carbons (Fsp3) is 0.800. The predicted molar refractivity (Wildman–Crippen MR) is 104 cm³/mol. The SMILES string of the molecule is NC1(C2CCC(O)C2)N=C(I)N=C2C1=NCN2[C@]1(N)O[C@H](CO)[C@@H](O)[C@H]1O. The largest absolute Gasteiger partial charge is 0.394 e. The van der Waals surface area contributed by atoms with E-state index in [4.69, 9.17) is 16.2 Å². The van der Waals surface area contributed by atoms with Crippen molar-refractivity contribution in [3.63, 3.8) is 0 Å². The number of aliphatic imine (C=N–C) groups is 3. The summed E-state index contributed by atoms with van der Waals surface area (Å²) < 4.78 is 5.97. The van der Waals surface area contributed by atoms with Crippen LogP contribution >= 0.6 is 22.6 Å². The lowest BCUT2D eigenvalue weighted by Gasteiger charge is -2.40. The third-order valence-electron chi connectivity index (χ3n) is 5.79. The van der Waals surface area contributed by atoms with Crippen LogP contribution in [0.15, 0.2) is 15.0 Å². The van der Waals surface area contributed by atoms with Crippen molar-refractivity contribution in [2.45, 2.75) is 55.2 Å². The number of rotatable bonds is 3. The Balaban J connectivity index is 1.67. The van der Waals surface area contributed by atoms with E-state index in [1.807, 2.05) is 22.6 Å². The van der Waals surface area contributed by atoms with Crippen LogP contribution < -0.4 is 11.5 Å². The molecule has 4 rings (SSSR count). The summed E-state index contributed by atoms with van der Waals surface area (Å²) in [6.07, 6.45) is -2.43. The number of hydrogen-bond acceptors (Lipinski definition) is 11. The lowest BCUT2D eigenvalue weighted by Crippen LogP contribution is -2.67. The lowest BCUT2D eigenvalue weighted by atomic mass is 9.86. The van der Waals surface area contributed by atoms with Crippen LogP contribution in [0, 0.1) is 5.92 Å². The second-order valence-electron chi connectivity index (χ2n) is 7.41. The lowest BCUT2D eigenvalue weighted by molar-refractivity contribution is -0.156. The van der Waals surface area contributed by atoms with Gasteiger partial charge in [-0.3, -0.25) is 15.6 Å². The number of ether oxygens (including phenoxy) is 1. The summed E-state index contributed by atoms with van der Waals surface area (Å²) in [6, 6.07) is 0. The van der Waals surface area contributed by atoms with Crippen molar-refractivity contribution in [2.75, 3.05) is 13.3 Å². The van der Waals surface area contributed by atoms with E-state index in [0.29, 0.717) is 34.7 Å². The number of fused-ring (bicyclic) bond motifs is 1. The molecule has 8 N–H and O–H groups in total. The third kappa shape index (κ3) is 2.85. The van der Waals surface area contributed by atoms with Crippen LogP contribution in [-0.4, -0.2) is 89.9 Å². The maximum atomic E-state index is 10.5. The van der Waals surface area contributed by atoms with E-state index in [9.17, 15) is 20.4 Å².